The Bertz CT molecular complexity index is 594. The Morgan fingerprint density at radius 1 is 1.21 bits per heavy atom. The number of nitrogens with two attached hydrogens (primary N) is 1. The molecule has 0 saturated heterocycles. The van der Waals surface area contributed by atoms with Crippen LogP contribution >= 0.6 is 0 Å². The van der Waals surface area contributed by atoms with E-state index in [4.69, 9.17) is 10.7 Å². The van der Waals surface area contributed by atoms with E-state index < -0.39 is 0 Å². The SMILES string of the molecule is Cc1cc(C(C)CN)nc2ccc(C(C)(C)C)cc12. The second kappa shape index (κ2) is 4.93. The van der Waals surface area contributed by atoms with Crippen molar-refractivity contribution in [3.8, 4) is 0 Å². The number of aryl methyl sites for hydroxylation is 1. The number of benzene rings is 1. The second-order valence-corrected chi connectivity index (χ2v) is 6.48. The molecule has 2 aromatic rings. The Labute approximate surface area is 116 Å². The van der Waals surface area contributed by atoms with Gasteiger partial charge in [0.05, 0.1) is 5.52 Å². The molecule has 1 aromatic carbocycles. The first kappa shape index (κ1) is 14.0. The fourth-order valence-corrected chi connectivity index (χ4v) is 2.26. The van der Waals surface area contributed by atoms with E-state index in [0.717, 1.165) is 11.2 Å². The highest BCUT2D eigenvalue weighted by molar-refractivity contribution is 5.83. The number of aromatic nitrogens is 1. The first-order valence-electron chi connectivity index (χ1n) is 6.95. The summed E-state index contributed by atoms with van der Waals surface area (Å²) < 4.78 is 0. The van der Waals surface area contributed by atoms with Gasteiger partial charge in [-0.05, 0) is 41.7 Å². The summed E-state index contributed by atoms with van der Waals surface area (Å²) in [7, 11) is 0. The zero-order chi connectivity index (χ0) is 14.2. The van der Waals surface area contributed by atoms with Gasteiger partial charge in [-0.1, -0.05) is 33.8 Å². The predicted molar refractivity (Wildman–Crippen MR) is 82.6 cm³/mol. The molecule has 2 N–H and O–H groups in total. The molecule has 0 bridgehead atoms. The quantitative estimate of drug-likeness (QED) is 0.885. The number of hydrogen-bond donors (Lipinski definition) is 1. The summed E-state index contributed by atoms with van der Waals surface area (Å²) in [5, 5.41) is 1.25. The fraction of sp³-hybridized carbons (Fsp3) is 0.471. The van der Waals surface area contributed by atoms with Crippen molar-refractivity contribution in [2.75, 3.05) is 6.54 Å². The number of hydrogen-bond acceptors (Lipinski definition) is 2. The number of rotatable bonds is 2. The molecule has 19 heavy (non-hydrogen) atoms. The van der Waals surface area contributed by atoms with Gasteiger partial charge in [0.2, 0.25) is 0 Å². The minimum atomic E-state index is 0.170. The molecule has 2 nitrogen and oxygen atoms in total. The Morgan fingerprint density at radius 2 is 1.89 bits per heavy atom. The average Bonchev–Trinajstić information content (AvgIpc) is 2.36. The zero-order valence-corrected chi connectivity index (χ0v) is 12.6. The van der Waals surface area contributed by atoms with E-state index in [-0.39, 0.29) is 5.41 Å². The molecule has 2 rings (SSSR count). The molecule has 0 aliphatic rings. The van der Waals surface area contributed by atoms with Gasteiger partial charge in [0.15, 0.2) is 0 Å². The van der Waals surface area contributed by atoms with Gasteiger partial charge < -0.3 is 5.73 Å². The monoisotopic (exact) mass is 256 g/mol. The van der Waals surface area contributed by atoms with Gasteiger partial charge in [-0.2, -0.15) is 0 Å². The lowest BCUT2D eigenvalue weighted by Gasteiger charge is -2.20. The summed E-state index contributed by atoms with van der Waals surface area (Å²) in [6, 6.07) is 8.77. The smallest absolute Gasteiger partial charge is 0.0708 e. The van der Waals surface area contributed by atoms with Gasteiger partial charge in [-0.15, -0.1) is 0 Å². The molecule has 1 heterocycles. The molecule has 0 saturated carbocycles. The van der Waals surface area contributed by atoms with E-state index in [9.17, 15) is 0 Å². The van der Waals surface area contributed by atoms with E-state index in [0.29, 0.717) is 12.5 Å². The Balaban J connectivity index is 2.60. The molecule has 0 spiro atoms. The molecular formula is C17H24N2. The van der Waals surface area contributed by atoms with Gasteiger partial charge in [-0.25, -0.2) is 0 Å². The summed E-state index contributed by atoms with van der Waals surface area (Å²) in [4.78, 5) is 4.75. The van der Waals surface area contributed by atoms with Gasteiger partial charge >= 0.3 is 0 Å². The summed E-state index contributed by atoms with van der Waals surface area (Å²) in [6.07, 6.45) is 0. The van der Waals surface area contributed by atoms with Crippen LogP contribution in [0.25, 0.3) is 10.9 Å². The van der Waals surface area contributed by atoms with Crippen LogP contribution in [0.5, 0.6) is 0 Å². The van der Waals surface area contributed by atoms with Crippen molar-refractivity contribution in [1.29, 1.82) is 0 Å². The van der Waals surface area contributed by atoms with Crippen molar-refractivity contribution in [2.45, 2.75) is 46.0 Å². The van der Waals surface area contributed by atoms with Crippen molar-refractivity contribution >= 4 is 10.9 Å². The van der Waals surface area contributed by atoms with Crippen LogP contribution in [0, 0.1) is 6.92 Å². The molecule has 1 atom stereocenters. The van der Waals surface area contributed by atoms with Crippen molar-refractivity contribution < 1.29 is 0 Å². The van der Waals surface area contributed by atoms with Crippen molar-refractivity contribution in [3.05, 3.63) is 41.1 Å². The van der Waals surface area contributed by atoms with Crippen molar-refractivity contribution in [2.24, 2.45) is 5.73 Å². The van der Waals surface area contributed by atoms with Crippen LogP contribution in [0.3, 0.4) is 0 Å². The van der Waals surface area contributed by atoms with Crippen molar-refractivity contribution in [1.82, 2.24) is 4.98 Å². The maximum atomic E-state index is 5.74. The van der Waals surface area contributed by atoms with Gasteiger partial charge in [-0.3, -0.25) is 4.98 Å². The van der Waals surface area contributed by atoms with Crippen LogP contribution in [0.15, 0.2) is 24.3 Å². The third-order valence-electron chi connectivity index (χ3n) is 3.76. The van der Waals surface area contributed by atoms with Crippen molar-refractivity contribution in [3.63, 3.8) is 0 Å². The third-order valence-corrected chi connectivity index (χ3v) is 3.76. The average molecular weight is 256 g/mol. The molecule has 1 unspecified atom stereocenters. The lowest BCUT2D eigenvalue weighted by atomic mass is 9.86. The molecule has 0 aliphatic carbocycles. The molecule has 0 radical (unpaired) electrons. The number of fused-ring (bicyclic) bond motifs is 1. The van der Waals surface area contributed by atoms with E-state index in [1.165, 1.54) is 16.5 Å². The maximum absolute atomic E-state index is 5.74. The largest absolute Gasteiger partial charge is 0.330 e. The van der Waals surface area contributed by atoms with Crippen LogP contribution in [-0.4, -0.2) is 11.5 Å². The highest BCUT2D eigenvalue weighted by atomic mass is 14.7. The molecule has 1 aromatic heterocycles. The zero-order valence-electron chi connectivity index (χ0n) is 12.6. The Kier molecular flexibility index (Phi) is 3.64. The van der Waals surface area contributed by atoms with E-state index in [1.807, 2.05) is 0 Å². The van der Waals surface area contributed by atoms with Crippen LogP contribution in [-0.2, 0) is 5.41 Å². The molecule has 2 heteroatoms. The standard InChI is InChI=1S/C17H24N2/c1-11-8-16(12(2)10-18)19-15-7-6-13(9-14(11)15)17(3,4)5/h6-9,12H,10,18H2,1-5H3. The summed E-state index contributed by atoms with van der Waals surface area (Å²) in [5.74, 6) is 0.311. The van der Waals surface area contributed by atoms with Crippen LogP contribution < -0.4 is 5.73 Å². The van der Waals surface area contributed by atoms with Crippen LogP contribution in [0.2, 0.25) is 0 Å². The third kappa shape index (κ3) is 2.79. The minimum absolute atomic E-state index is 0.170. The normalized spacial score (nSPS) is 13.8. The fourth-order valence-electron chi connectivity index (χ4n) is 2.26. The van der Waals surface area contributed by atoms with E-state index >= 15 is 0 Å². The van der Waals surface area contributed by atoms with Gasteiger partial charge in [0.1, 0.15) is 0 Å². The van der Waals surface area contributed by atoms with E-state index in [1.54, 1.807) is 0 Å². The first-order chi connectivity index (χ1) is 8.82. The van der Waals surface area contributed by atoms with Gasteiger partial charge in [0, 0.05) is 23.5 Å². The number of nitrogens with zero attached hydrogens (tertiary/aromatic N) is 1. The predicted octanol–water partition coefficient (Wildman–Crippen LogP) is 3.90. The van der Waals surface area contributed by atoms with Crippen LogP contribution in [0.4, 0.5) is 0 Å². The maximum Gasteiger partial charge on any atom is 0.0708 e. The Morgan fingerprint density at radius 3 is 2.47 bits per heavy atom. The topological polar surface area (TPSA) is 38.9 Å². The minimum Gasteiger partial charge on any atom is -0.330 e. The van der Waals surface area contributed by atoms with Gasteiger partial charge in [0.25, 0.3) is 0 Å². The summed E-state index contributed by atoms with van der Waals surface area (Å²) >= 11 is 0. The highest BCUT2D eigenvalue weighted by Gasteiger charge is 2.15. The lowest BCUT2D eigenvalue weighted by Crippen LogP contribution is -2.12. The lowest BCUT2D eigenvalue weighted by molar-refractivity contribution is 0.591. The molecule has 0 amide bonds. The highest BCUT2D eigenvalue weighted by Crippen LogP contribution is 2.28. The number of pyridine rings is 1. The van der Waals surface area contributed by atoms with Crippen LogP contribution in [0.1, 0.15) is 50.4 Å². The molecule has 0 aliphatic heterocycles. The first-order valence-corrected chi connectivity index (χ1v) is 6.95. The molecular weight excluding hydrogens is 232 g/mol. The Hall–Kier alpha value is -1.41. The summed E-state index contributed by atoms with van der Waals surface area (Å²) in [5.41, 5.74) is 10.7. The second-order valence-electron chi connectivity index (χ2n) is 6.48. The molecule has 102 valence electrons. The van der Waals surface area contributed by atoms with E-state index in [2.05, 4.69) is 58.9 Å². The molecule has 0 fully saturated rings. The summed E-state index contributed by atoms with van der Waals surface area (Å²) in [6.45, 7) is 11.6.